The molecule has 3 aromatic carbocycles. The minimum Gasteiger partial charge on any atom is -0.325 e. The number of benzene rings is 3. The van der Waals surface area contributed by atoms with Crippen LogP contribution in [0.4, 0.5) is 5.69 Å². The summed E-state index contributed by atoms with van der Waals surface area (Å²) in [6.45, 7) is 4.36. The SMILES string of the molecule is CCC(C)c1ccccc1NC(=O)C(c1ccccc1)c1ccccc1. The van der Waals surface area contributed by atoms with Crippen LogP contribution in [0.3, 0.4) is 0 Å². The van der Waals surface area contributed by atoms with Gasteiger partial charge in [0.2, 0.25) is 5.91 Å². The molecule has 0 bridgehead atoms. The van der Waals surface area contributed by atoms with Gasteiger partial charge in [-0.05, 0) is 35.1 Å². The second kappa shape index (κ2) is 8.48. The van der Waals surface area contributed by atoms with Gasteiger partial charge < -0.3 is 5.32 Å². The van der Waals surface area contributed by atoms with E-state index in [1.54, 1.807) is 0 Å². The number of hydrogen-bond donors (Lipinski definition) is 1. The molecular formula is C24H25NO. The average molecular weight is 343 g/mol. The number of hydrogen-bond acceptors (Lipinski definition) is 1. The molecule has 2 heteroatoms. The third-order valence-electron chi connectivity index (χ3n) is 4.89. The number of nitrogens with one attached hydrogen (secondary N) is 1. The van der Waals surface area contributed by atoms with Crippen LogP contribution in [-0.4, -0.2) is 5.91 Å². The monoisotopic (exact) mass is 343 g/mol. The number of carbonyl (C=O) groups excluding carboxylic acids is 1. The van der Waals surface area contributed by atoms with Crippen molar-refractivity contribution in [3.63, 3.8) is 0 Å². The Morgan fingerprint density at radius 2 is 1.31 bits per heavy atom. The van der Waals surface area contributed by atoms with Crippen LogP contribution >= 0.6 is 0 Å². The lowest BCUT2D eigenvalue weighted by atomic mass is 9.90. The van der Waals surface area contributed by atoms with Crippen LogP contribution in [-0.2, 0) is 4.79 Å². The minimum atomic E-state index is -0.331. The molecule has 3 rings (SSSR count). The number of amides is 1. The summed E-state index contributed by atoms with van der Waals surface area (Å²) in [5.41, 5.74) is 4.08. The molecule has 0 aromatic heterocycles. The van der Waals surface area contributed by atoms with Crippen molar-refractivity contribution >= 4 is 11.6 Å². The van der Waals surface area contributed by atoms with E-state index in [-0.39, 0.29) is 11.8 Å². The van der Waals surface area contributed by atoms with Crippen molar-refractivity contribution in [3.8, 4) is 0 Å². The van der Waals surface area contributed by atoms with Crippen molar-refractivity contribution in [2.24, 2.45) is 0 Å². The van der Waals surface area contributed by atoms with Crippen LogP contribution < -0.4 is 5.32 Å². The highest BCUT2D eigenvalue weighted by Gasteiger charge is 2.23. The number of carbonyl (C=O) groups is 1. The first-order chi connectivity index (χ1) is 12.7. The zero-order valence-corrected chi connectivity index (χ0v) is 15.4. The average Bonchev–Trinajstić information content (AvgIpc) is 2.69. The van der Waals surface area contributed by atoms with Gasteiger partial charge in [0.05, 0.1) is 5.92 Å². The van der Waals surface area contributed by atoms with E-state index in [2.05, 4.69) is 25.2 Å². The van der Waals surface area contributed by atoms with E-state index in [0.29, 0.717) is 5.92 Å². The lowest BCUT2D eigenvalue weighted by molar-refractivity contribution is -0.116. The molecule has 132 valence electrons. The van der Waals surface area contributed by atoms with E-state index in [0.717, 1.165) is 23.2 Å². The third-order valence-corrected chi connectivity index (χ3v) is 4.89. The smallest absolute Gasteiger partial charge is 0.236 e. The van der Waals surface area contributed by atoms with Crippen LogP contribution in [0.15, 0.2) is 84.9 Å². The summed E-state index contributed by atoms with van der Waals surface area (Å²) >= 11 is 0. The molecule has 1 unspecified atom stereocenters. The Balaban J connectivity index is 1.95. The third kappa shape index (κ3) is 4.02. The molecule has 0 heterocycles. The molecule has 0 aliphatic carbocycles. The molecule has 3 aromatic rings. The van der Waals surface area contributed by atoms with E-state index in [9.17, 15) is 4.79 Å². The Kier molecular flexibility index (Phi) is 5.85. The summed E-state index contributed by atoms with van der Waals surface area (Å²) in [6, 6.07) is 28.0. The predicted octanol–water partition coefficient (Wildman–Crippen LogP) is 5.97. The van der Waals surface area contributed by atoms with E-state index in [4.69, 9.17) is 0 Å². The fourth-order valence-electron chi connectivity index (χ4n) is 3.25. The Morgan fingerprint density at radius 3 is 1.85 bits per heavy atom. The van der Waals surface area contributed by atoms with Crippen molar-refractivity contribution < 1.29 is 4.79 Å². The molecule has 0 radical (unpaired) electrons. The Bertz CT molecular complexity index is 803. The number of anilines is 1. The molecule has 0 aliphatic rings. The van der Waals surface area contributed by atoms with Gasteiger partial charge in [0.15, 0.2) is 0 Å². The zero-order valence-electron chi connectivity index (χ0n) is 15.4. The molecule has 0 aliphatic heterocycles. The van der Waals surface area contributed by atoms with Gasteiger partial charge in [-0.2, -0.15) is 0 Å². The van der Waals surface area contributed by atoms with Crippen LogP contribution in [0.1, 0.15) is 48.8 Å². The van der Waals surface area contributed by atoms with Gasteiger partial charge >= 0.3 is 0 Å². The van der Waals surface area contributed by atoms with Crippen LogP contribution in [0, 0.1) is 0 Å². The van der Waals surface area contributed by atoms with Crippen molar-refractivity contribution in [3.05, 3.63) is 102 Å². The number of para-hydroxylation sites is 1. The second-order valence-corrected chi connectivity index (χ2v) is 6.64. The maximum absolute atomic E-state index is 13.3. The standard InChI is InChI=1S/C24H25NO/c1-3-18(2)21-16-10-11-17-22(21)25-24(26)23(19-12-6-4-7-13-19)20-14-8-5-9-15-20/h4-18,23H,3H2,1-2H3,(H,25,26). The Hall–Kier alpha value is -2.87. The quantitative estimate of drug-likeness (QED) is 0.587. The van der Waals surface area contributed by atoms with Gasteiger partial charge in [0.25, 0.3) is 0 Å². The van der Waals surface area contributed by atoms with Crippen molar-refractivity contribution in [2.45, 2.75) is 32.1 Å². The summed E-state index contributed by atoms with van der Waals surface area (Å²) < 4.78 is 0. The number of rotatable bonds is 6. The molecule has 1 atom stereocenters. The molecule has 26 heavy (non-hydrogen) atoms. The molecular weight excluding hydrogens is 318 g/mol. The molecule has 0 fully saturated rings. The maximum atomic E-state index is 13.3. The summed E-state index contributed by atoms with van der Waals surface area (Å²) in [5, 5.41) is 3.18. The topological polar surface area (TPSA) is 29.1 Å². The van der Waals surface area contributed by atoms with Crippen LogP contribution in [0.25, 0.3) is 0 Å². The molecule has 0 saturated carbocycles. The highest BCUT2D eigenvalue weighted by atomic mass is 16.1. The lowest BCUT2D eigenvalue weighted by Crippen LogP contribution is -2.23. The normalized spacial score (nSPS) is 12.0. The predicted molar refractivity (Wildman–Crippen MR) is 109 cm³/mol. The Labute approximate surface area is 155 Å². The summed E-state index contributed by atoms with van der Waals surface area (Å²) in [5.74, 6) is 0.0685. The molecule has 0 spiro atoms. The van der Waals surface area contributed by atoms with Crippen LogP contribution in [0.2, 0.25) is 0 Å². The fraction of sp³-hybridized carbons (Fsp3) is 0.208. The maximum Gasteiger partial charge on any atom is 0.236 e. The highest BCUT2D eigenvalue weighted by Crippen LogP contribution is 2.30. The summed E-state index contributed by atoms with van der Waals surface area (Å²) in [6.07, 6.45) is 1.04. The van der Waals surface area contributed by atoms with Crippen molar-refractivity contribution in [2.75, 3.05) is 5.32 Å². The first-order valence-corrected chi connectivity index (χ1v) is 9.20. The van der Waals surface area contributed by atoms with Gasteiger partial charge in [-0.1, -0.05) is 92.7 Å². The van der Waals surface area contributed by atoms with Crippen LogP contribution in [0.5, 0.6) is 0 Å². The van der Waals surface area contributed by atoms with E-state index < -0.39 is 0 Å². The van der Waals surface area contributed by atoms with Crippen molar-refractivity contribution in [1.82, 2.24) is 0 Å². The van der Waals surface area contributed by atoms with Crippen molar-refractivity contribution in [1.29, 1.82) is 0 Å². The van der Waals surface area contributed by atoms with Gasteiger partial charge in [-0.3, -0.25) is 4.79 Å². The van der Waals surface area contributed by atoms with E-state index in [1.807, 2.05) is 78.9 Å². The largest absolute Gasteiger partial charge is 0.325 e. The molecule has 1 N–H and O–H groups in total. The van der Waals surface area contributed by atoms with Gasteiger partial charge in [-0.25, -0.2) is 0 Å². The lowest BCUT2D eigenvalue weighted by Gasteiger charge is -2.20. The van der Waals surface area contributed by atoms with Gasteiger partial charge in [-0.15, -0.1) is 0 Å². The summed E-state index contributed by atoms with van der Waals surface area (Å²) in [7, 11) is 0. The van der Waals surface area contributed by atoms with E-state index >= 15 is 0 Å². The zero-order chi connectivity index (χ0) is 18.4. The first kappa shape index (κ1) is 17.9. The van der Waals surface area contributed by atoms with E-state index in [1.165, 1.54) is 5.56 Å². The first-order valence-electron chi connectivity index (χ1n) is 9.20. The van der Waals surface area contributed by atoms with Gasteiger partial charge in [0.1, 0.15) is 0 Å². The molecule has 0 saturated heterocycles. The Morgan fingerprint density at radius 1 is 0.808 bits per heavy atom. The fourth-order valence-corrected chi connectivity index (χ4v) is 3.25. The minimum absolute atomic E-state index is 0.00171. The summed E-state index contributed by atoms with van der Waals surface area (Å²) in [4.78, 5) is 13.3. The molecule has 1 amide bonds. The van der Waals surface area contributed by atoms with Gasteiger partial charge in [0, 0.05) is 5.69 Å². The highest BCUT2D eigenvalue weighted by molar-refractivity contribution is 5.98. The molecule has 2 nitrogen and oxygen atoms in total. The second-order valence-electron chi connectivity index (χ2n) is 6.64.